The first-order valence-corrected chi connectivity index (χ1v) is 3.96. The molecule has 0 unspecified atom stereocenters. The van der Waals surface area contributed by atoms with Gasteiger partial charge in [-0.1, -0.05) is 0 Å². The van der Waals surface area contributed by atoms with E-state index in [0.717, 1.165) is 0 Å². The maximum Gasteiger partial charge on any atom is 0.434 e. The van der Waals surface area contributed by atoms with Gasteiger partial charge in [-0.25, -0.2) is 18.6 Å². The van der Waals surface area contributed by atoms with Crippen LogP contribution in [-0.2, 0) is 6.18 Å². The van der Waals surface area contributed by atoms with Crippen molar-refractivity contribution in [1.29, 1.82) is 0 Å². The Morgan fingerprint density at radius 3 is 2.24 bits per heavy atom. The van der Waals surface area contributed by atoms with Gasteiger partial charge in [-0.15, -0.1) is 0 Å². The first kappa shape index (κ1) is 13.1. The van der Waals surface area contributed by atoms with E-state index in [4.69, 9.17) is 10.2 Å². The van der Waals surface area contributed by atoms with Crippen LogP contribution in [0.5, 0.6) is 5.75 Å². The van der Waals surface area contributed by atoms with Crippen LogP contribution in [0.25, 0.3) is 0 Å². The van der Waals surface area contributed by atoms with Gasteiger partial charge in [-0.2, -0.15) is 13.2 Å². The van der Waals surface area contributed by atoms with Crippen molar-refractivity contribution in [3.8, 4) is 5.75 Å². The molecule has 1 rings (SSSR count). The highest BCUT2D eigenvalue weighted by atomic mass is 19.4. The summed E-state index contributed by atoms with van der Waals surface area (Å²) >= 11 is 0. The molecule has 4 nitrogen and oxygen atoms in total. The van der Waals surface area contributed by atoms with E-state index in [9.17, 15) is 26.7 Å². The molecule has 0 spiro atoms. The predicted molar refractivity (Wildman–Crippen MR) is 42.8 cm³/mol. The van der Waals surface area contributed by atoms with Crippen molar-refractivity contribution >= 4 is 5.97 Å². The predicted octanol–water partition coefficient (Wildman–Crippen LogP) is 2.44. The summed E-state index contributed by atoms with van der Waals surface area (Å²) in [5.74, 6) is -3.54. The topological polar surface area (TPSA) is 70.4 Å². The lowest BCUT2D eigenvalue weighted by molar-refractivity contribution is -0.141. The summed E-state index contributed by atoms with van der Waals surface area (Å²) in [5.41, 5.74) is -5.31. The molecule has 94 valence electrons. The summed E-state index contributed by atoms with van der Waals surface area (Å²) in [6.45, 7) is 0. The van der Waals surface area contributed by atoms with E-state index in [1.54, 1.807) is 0 Å². The number of aromatic nitrogens is 1. The Bertz CT molecular complexity index is 457. The molecule has 0 aromatic carbocycles. The van der Waals surface area contributed by atoms with E-state index in [2.05, 4.69) is 4.98 Å². The molecule has 1 heterocycles. The molecule has 17 heavy (non-hydrogen) atoms. The molecule has 0 aliphatic rings. The third kappa shape index (κ3) is 2.43. The number of carboxylic acids is 1. The summed E-state index contributed by atoms with van der Waals surface area (Å²) in [6.07, 6.45) is -8.63. The van der Waals surface area contributed by atoms with Gasteiger partial charge < -0.3 is 10.2 Å². The quantitative estimate of drug-likeness (QED) is 0.798. The number of pyridine rings is 1. The molecule has 1 aromatic rings. The highest BCUT2D eigenvalue weighted by molar-refractivity contribution is 5.91. The molecule has 0 atom stereocenters. The molecule has 0 saturated carbocycles. The molecule has 0 fully saturated rings. The van der Waals surface area contributed by atoms with Crippen molar-refractivity contribution in [2.75, 3.05) is 0 Å². The molecule has 1 aromatic heterocycles. The van der Waals surface area contributed by atoms with Gasteiger partial charge in [-0.3, -0.25) is 0 Å². The summed E-state index contributed by atoms with van der Waals surface area (Å²) in [5, 5.41) is 17.4. The lowest BCUT2D eigenvalue weighted by Gasteiger charge is -2.13. The largest absolute Gasteiger partial charge is 0.506 e. The third-order valence-corrected chi connectivity index (χ3v) is 1.80. The van der Waals surface area contributed by atoms with Crippen molar-refractivity contribution < 1.29 is 37.0 Å². The molecule has 0 amide bonds. The number of aromatic hydroxyl groups is 1. The summed E-state index contributed by atoms with van der Waals surface area (Å²) in [4.78, 5) is 13.2. The average molecular weight is 257 g/mol. The fourth-order valence-electron chi connectivity index (χ4n) is 1.17. The second kappa shape index (κ2) is 4.15. The first-order chi connectivity index (χ1) is 7.66. The number of aromatic carboxylic acids is 1. The highest BCUT2D eigenvalue weighted by Crippen LogP contribution is 2.38. The maximum atomic E-state index is 12.4. The Morgan fingerprint density at radius 1 is 1.35 bits per heavy atom. The lowest BCUT2D eigenvalue weighted by atomic mass is 10.1. The van der Waals surface area contributed by atoms with Crippen LogP contribution in [0.2, 0.25) is 0 Å². The van der Waals surface area contributed by atoms with Crippen LogP contribution >= 0.6 is 0 Å². The second-order valence-electron chi connectivity index (χ2n) is 2.88. The second-order valence-corrected chi connectivity index (χ2v) is 2.88. The smallest absolute Gasteiger partial charge is 0.434 e. The number of hydrogen-bond acceptors (Lipinski definition) is 3. The zero-order valence-electron chi connectivity index (χ0n) is 7.79. The van der Waals surface area contributed by atoms with E-state index in [1.807, 2.05) is 0 Å². The minimum Gasteiger partial charge on any atom is -0.506 e. The molecule has 0 aliphatic heterocycles. The number of alkyl halides is 5. The Kier molecular flexibility index (Phi) is 3.21. The molecule has 2 N–H and O–H groups in total. The minimum absolute atomic E-state index is 0.136. The summed E-state index contributed by atoms with van der Waals surface area (Å²) in [7, 11) is 0. The van der Waals surface area contributed by atoms with Gasteiger partial charge in [0.2, 0.25) is 0 Å². The van der Waals surface area contributed by atoms with Crippen LogP contribution in [0, 0.1) is 0 Å². The van der Waals surface area contributed by atoms with Gasteiger partial charge in [-0.05, 0) is 0 Å². The van der Waals surface area contributed by atoms with Gasteiger partial charge in [0.15, 0.2) is 5.69 Å². The Labute approximate surface area is 90.3 Å². The third-order valence-electron chi connectivity index (χ3n) is 1.80. The monoisotopic (exact) mass is 257 g/mol. The number of nitrogens with zero attached hydrogens (tertiary/aromatic N) is 1. The van der Waals surface area contributed by atoms with E-state index in [1.165, 1.54) is 0 Å². The van der Waals surface area contributed by atoms with Gasteiger partial charge in [0.25, 0.3) is 6.43 Å². The number of carboxylic acid groups (broad SMARTS) is 1. The van der Waals surface area contributed by atoms with Crippen LogP contribution in [0.3, 0.4) is 0 Å². The molecule has 0 bridgehead atoms. The van der Waals surface area contributed by atoms with Gasteiger partial charge in [0.05, 0.1) is 11.8 Å². The zero-order valence-corrected chi connectivity index (χ0v) is 7.79. The zero-order chi connectivity index (χ0) is 13.4. The number of halogens is 5. The Balaban J connectivity index is 3.66. The first-order valence-electron chi connectivity index (χ1n) is 3.96. The average Bonchev–Trinajstić information content (AvgIpc) is 2.14. The standard InChI is InChI=1S/C8H4F5NO3/c9-6(10)3-2(15)1-14-5(8(11,12)13)4(3)7(16)17/h1,6,15H,(H,16,17). The van der Waals surface area contributed by atoms with Crippen molar-refractivity contribution in [2.45, 2.75) is 12.6 Å². The minimum atomic E-state index is -5.20. The van der Waals surface area contributed by atoms with E-state index in [-0.39, 0.29) is 6.20 Å². The normalized spacial score (nSPS) is 11.9. The number of rotatable bonds is 2. The molecular weight excluding hydrogens is 253 g/mol. The Morgan fingerprint density at radius 2 is 1.88 bits per heavy atom. The van der Waals surface area contributed by atoms with Crippen molar-refractivity contribution in [3.63, 3.8) is 0 Å². The van der Waals surface area contributed by atoms with Crippen LogP contribution in [0.15, 0.2) is 6.20 Å². The molecular formula is C8H4F5NO3. The van der Waals surface area contributed by atoms with Crippen molar-refractivity contribution in [1.82, 2.24) is 4.98 Å². The summed E-state index contributed by atoms with van der Waals surface area (Å²) in [6, 6.07) is 0. The highest BCUT2D eigenvalue weighted by Gasteiger charge is 2.41. The SMILES string of the molecule is O=C(O)c1c(C(F)(F)F)ncc(O)c1C(F)F. The van der Waals surface area contributed by atoms with Crippen LogP contribution in [0.1, 0.15) is 28.0 Å². The van der Waals surface area contributed by atoms with E-state index in [0.29, 0.717) is 0 Å². The maximum absolute atomic E-state index is 12.4. The lowest BCUT2D eigenvalue weighted by Crippen LogP contribution is -2.18. The van der Waals surface area contributed by atoms with Crippen LogP contribution in [-0.4, -0.2) is 21.2 Å². The molecule has 9 heteroatoms. The fourth-order valence-corrected chi connectivity index (χ4v) is 1.17. The van der Waals surface area contributed by atoms with Gasteiger partial charge >= 0.3 is 12.1 Å². The van der Waals surface area contributed by atoms with E-state index < -0.39 is 41.1 Å². The molecule has 0 aliphatic carbocycles. The van der Waals surface area contributed by atoms with Crippen LogP contribution in [0.4, 0.5) is 22.0 Å². The van der Waals surface area contributed by atoms with Crippen molar-refractivity contribution in [3.05, 3.63) is 23.0 Å². The molecule has 0 radical (unpaired) electrons. The van der Waals surface area contributed by atoms with Gasteiger partial charge in [0.1, 0.15) is 11.3 Å². The molecule has 0 saturated heterocycles. The van der Waals surface area contributed by atoms with Gasteiger partial charge in [0, 0.05) is 0 Å². The number of hydrogen-bond donors (Lipinski definition) is 2. The fraction of sp³-hybridized carbons (Fsp3) is 0.250. The Hall–Kier alpha value is -1.93. The van der Waals surface area contributed by atoms with E-state index >= 15 is 0 Å². The van der Waals surface area contributed by atoms with Crippen LogP contribution < -0.4 is 0 Å². The summed E-state index contributed by atoms with van der Waals surface area (Å²) < 4.78 is 61.8. The number of carbonyl (C=O) groups is 1. The van der Waals surface area contributed by atoms with Crippen molar-refractivity contribution in [2.24, 2.45) is 0 Å².